The van der Waals surface area contributed by atoms with E-state index in [1.54, 1.807) is 23.5 Å². The normalized spacial score (nSPS) is 14.8. The fourth-order valence-corrected chi connectivity index (χ4v) is 4.56. The monoisotopic (exact) mass is 464 g/mol. The van der Waals surface area contributed by atoms with E-state index in [0.717, 1.165) is 54.6 Å². The van der Waals surface area contributed by atoms with Gasteiger partial charge >= 0.3 is 5.97 Å². The molecular formula is C25H28N4O3S. The highest BCUT2D eigenvalue weighted by molar-refractivity contribution is 7.13. The molecule has 0 atom stereocenters. The average Bonchev–Trinajstić information content (AvgIpc) is 3.28. The second-order valence-electron chi connectivity index (χ2n) is 8.38. The summed E-state index contributed by atoms with van der Waals surface area (Å²) in [5, 5.41) is 14.7. The first kappa shape index (κ1) is 23.1. The van der Waals surface area contributed by atoms with Crippen LogP contribution >= 0.6 is 11.3 Å². The van der Waals surface area contributed by atoms with E-state index >= 15 is 0 Å². The fraction of sp³-hybridized carbons (Fsp3) is 0.320. The van der Waals surface area contributed by atoms with E-state index in [2.05, 4.69) is 51.4 Å². The van der Waals surface area contributed by atoms with Crippen molar-refractivity contribution in [1.82, 2.24) is 20.1 Å². The molecule has 0 bridgehead atoms. The number of aromatic nitrogens is 1. The van der Waals surface area contributed by atoms with Crippen molar-refractivity contribution in [2.75, 3.05) is 33.2 Å². The summed E-state index contributed by atoms with van der Waals surface area (Å²) in [5.41, 5.74) is 4.19. The van der Waals surface area contributed by atoms with Gasteiger partial charge in [-0.1, -0.05) is 36.4 Å². The number of aromatic carboxylic acids is 1. The summed E-state index contributed by atoms with van der Waals surface area (Å²) in [6.45, 7) is 5.75. The van der Waals surface area contributed by atoms with Crippen molar-refractivity contribution in [3.05, 3.63) is 76.3 Å². The maximum atomic E-state index is 12.3. The van der Waals surface area contributed by atoms with E-state index in [1.807, 2.05) is 5.38 Å². The minimum absolute atomic E-state index is 0.114. The predicted molar refractivity (Wildman–Crippen MR) is 129 cm³/mol. The van der Waals surface area contributed by atoms with Crippen LogP contribution in [0.1, 0.15) is 27.2 Å². The van der Waals surface area contributed by atoms with Gasteiger partial charge in [0.15, 0.2) is 0 Å². The van der Waals surface area contributed by atoms with E-state index in [9.17, 15) is 9.59 Å². The number of piperazine rings is 1. The summed E-state index contributed by atoms with van der Waals surface area (Å²) in [7, 11) is 2.17. The highest BCUT2D eigenvalue weighted by Crippen LogP contribution is 2.24. The standard InChI is InChI=1S/C25H28N4O3S/c1-28-10-12-29(13-11-28)16-19-4-6-20(7-5-19)24-27-22(17-33-24)14-23(30)26-15-18-2-8-21(9-3-18)25(31)32/h2-9,17H,10-16H2,1H3,(H,26,30)(H,31,32). The zero-order chi connectivity index (χ0) is 23.2. The van der Waals surface area contributed by atoms with Crippen molar-refractivity contribution in [2.45, 2.75) is 19.5 Å². The molecule has 3 aromatic rings. The van der Waals surface area contributed by atoms with Crippen LogP contribution in [0.3, 0.4) is 0 Å². The van der Waals surface area contributed by atoms with Crippen LogP contribution in [0.4, 0.5) is 0 Å². The third-order valence-corrected chi connectivity index (χ3v) is 6.73. The molecule has 2 N–H and O–H groups in total. The SMILES string of the molecule is CN1CCN(Cc2ccc(-c3nc(CC(=O)NCc4ccc(C(=O)O)cc4)cs3)cc2)CC1. The summed E-state index contributed by atoms with van der Waals surface area (Å²) in [4.78, 5) is 32.7. The number of carbonyl (C=O) groups is 2. The lowest BCUT2D eigenvalue weighted by atomic mass is 10.1. The fourth-order valence-electron chi connectivity index (χ4n) is 3.73. The molecule has 0 aliphatic carbocycles. The quantitative estimate of drug-likeness (QED) is 0.533. The number of nitrogens with one attached hydrogen (secondary N) is 1. The number of carboxylic acid groups (broad SMARTS) is 1. The predicted octanol–water partition coefficient (Wildman–Crippen LogP) is 3.11. The Bertz CT molecular complexity index is 1090. The summed E-state index contributed by atoms with van der Waals surface area (Å²) < 4.78 is 0. The van der Waals surface area contributed by atoms with Crippen molar-refractivity contribution in [3.63, 3.8) is 0 Å². The minimum atomic E-state index is -0.963. The van der Waals surface area contributed by atoms with Gasteiger partial charge in [0.25, 0.3) is 0 Å². The third kappa shape index (κ3) is 6.47. The molecule has 0 radical (unpaired) electrons. The van der Waals surface area contributed by atoms with Gasteiger partial charge in [-0.15, -0.1) is 11.3 Å². The highest BCUT2D eigenvalue weighted by atomic mass is 32.1. The van der Waals surface area contributed by atoms with Gasteiger partial charge in [-0.3, -0.25) is 9.69 Å². The molecule has 1 aromatic heterocycles. The van der Waals surface area contributed by atoms with Crippen LogP contribution < -0.4 is 5.32 Å². The van der Waals surface area contributed by atoms with Gasteiger partial charge in [0.2, 0.25) is 5.91 Å². The average molecular weight is 465 g/mol. The molecule has 1 aliphatic heterocycles. The van der Waals surface area contributed by atoms with Crippen LogP contribution in [0, 0.1) is 0 Å². The number of rotatable bonds is 8. The van der Waals surface area contributed by atoms with Gasteiger partial charge in [0, 0.05) is 50.2 Å². The van der Waals surface area contributed by atoms with Crippen molar-refractivity contribution in [3.8, 4) is 10.6 Å². The van der Waals surface area contributed by atoms with Gasteiger partial charge in [0.05, 0.1) is 17.7 Å². The van der Waals surface area contributed by atoms with Crippen molar-refractivity contribution in [1.29, 1.82) is 0 Å². The molecule has 8 heteroatoms. The molecule has 33 heavy (non-hydrogen) atoms. The molecule has 4 rings (SSSR count). The van der Waals surface area contributed by atoms with Gasteiger partial charge in [0.1, 0.15) is 5.01 Å². The van der Waals surface area contributed by atoms with Crippen molar-refractivity contribution < 1.29 is 14.7 Å². The van der Waals surface area contributed by atoms with Crippen LogP contribution in [-0.4, -0.2) is 65.0 Å². The molecular weight excluding hydrogens is 436 g/mol. The number of hydrogen-bond donors (Lipinski definition) is 2. The first-order valence-electron chi connectivity index (χ1n) is 11.0. The Morgan fingerprint density at radius 1 is 1.00 bits per heavy atom. The number of nitrogens with zero attached hydrogens (tertiary/aromatic N) is 3. The molecule has 0 saturated carbocycles. The lowest BCUT2D eigenvalue weighted by Gasteiger charge is -2.32. The number of amides is 1. The molecule has 2 aromatic carbocycles. The summed E-state index contributed by atoms with van der Waals surface area (Å²) in [5.74, 6) is -1.08. The van der Waals surface area contributed by atoms with E-state index in [-0.39, 0.29) is 17.9 Å². The number of carbonyl (C=O) groups excluding carboxylic acids is 1. The zero-order valence-corrected chi connectivity index (χ0v) is 19.5. The van der Waals surface area contributed by atoms with Crippen LogP contribution in [0.25, 0.3) is 10.6 Å². The Hall–Kier alpha value is -3.07. The smallest absolute Gasteiger partial charge is 0.335 e. The second-order valence-corrected chi connectivity index (χ2v) is 9.23. The van der Waals surface area contributed by atoms with Gasteiger partial charge in [-0.25, -0.2) is 9.78 Å². The van der Waals surface area contributed by atoms with E-state index in [1.165, 1.54) is 17.7 Å². The van der Waals surface area contributed by atoms with Crippen molar-refractivity contribution in [2.24, 2.45) is 0 Å². The molecule has 1 fully saturated rings. The van der Waals surface area contributed by atoms with E-state index in [0.29, 0.717) is 6.54 Å². The first-order valence-corrected chi connectivity index (χ1v) is 11.9. The molecule has 172 valence electrons. The molecule has 7 nitrogen and oxygen atoms in total. The van der Waals surface area contributed by atoms with Gasteiger partial charge in [-0.05, 0) is 30.3 Å². The second kappa shape index (κ2) is 10.7. The molecule has 2 heterocycles. The maximum Gasteiger partial charge on any atom is 0.335 e. The molecule has 1 amide bonds. The Morgan fingerprint density at radius 2 is 1.67 bits per heavy atom. The zero-order valence-electron chi connectivity index (χ0n) is 18.7. The summed E-state index contributed by atoms with van der Waals surface area (Å²) in [6, 6.07) is 15.0. The third-order valence-electron chi connectivity index (χ3n) is 5.79. The largest absolute Gasteiger partial charge is 0.478 e. The number of likely N-dealkylation sites (N-methyl/N-ethyl adjacent to an activating group) is 1. The van der Waals surface area contributed by atoms with Crippen LogP contribution in [0.5, 0.6) is 0 Å². The Morgan fingerprint density at radius 3 is 2.33 bits per heavy atom. The van der Waals surface area contributed by atoms with Crippen LogP contribution in [-0.2, 0) is 24.3 Å². The lowest BCUT2D eigenvalue weighted by molar-refractivity contribution is -0.120. The molecule has 1 aliphatic rings. The van der Waals surface area contributed by atoms with Gasteiger partial charge < -0.3 is 15.3 Å². The molecule has 0 unspecified atom stereocenters. The number of hydrogen-bond acceptors (Lipinski definition) is 6. The Labute approximate surface area is 197 Å². The first-order chi connectivity index (χ1) is 16.0. The number of carboxylic acids is 1. The minimum Gasteiger partial charge on any atom is -0.478 e. The number of benzene rings is 2. The summed E-state index contributed by atoms with van der Waals surface area (Å²) in [6.07, 6.45) is 0.213. The Balaban J connectivity index is 1.27. The van der Waals surface area contributed by atoms with Crippen molar-refractivity contribution >= 4 is 23.2 Å². The number of thiazole rings is 1. The van der Waals surface area contributed by atoms with Crippen LogP contribution in [0.15, 0.2) is 53.9 Å². The Kier molecular flexibility index (Phi) is 7.49. The van der Waals surface area contributed by atoms with Crippen LogP contribution in [0.2, 0.25) is 0 Å². The van der Waals surface area contributed by atoms with E-state index < -0.39 is 5.97 Å². The molecule has 0 spiro atoms. The lowest BCUT2D eigenvalue weighted by Crippen LogP contribution is -2.43. The molecule has 1 saturated heterocycles. The maximum absolute atomic E-state index is 12.3. The highest BCUT2D eigenvalue weighted by Gasteiger charge is 2.14. The summed E-state index contributed by atoms with van der Waals surface area (Å²) >= 11 is 1.54. The van der Waals surface area contributed by atoms with Gasteiger partial charge in [-0.2, -0.15) is 0 Å². The van der Waals surface area contributed by atoms with E-state index in [4.69, 9.17) is 5.11 Å². The topological polar surface area (TPSA) is 85.8 Å².